The zero-order valence-electron chi connectivity index (χ0n) is 5.24. The smallest absolute Gasteiger partial charge is 0.207 e. The number of thiophene rings is 1. The predicted octanol–water partition coefficient (Wildman–Crippen LogP) is 1.28. The Hall–Kier alpha value is -0.100. The molecule has 1 aliphatic heterocycles. The van der Waals surface area contributed by atoms with Crippen LogP contribution in [-0.4, -0.2) is 8.42 Å². The summed E-state index contributed by atoms with van der Waals surface area (Å²) in [4.78, 5) is 0.322. The Labute approximate surface area is 73.0 Å². The summed E-state index contributed by atoms with van der Waals surface area (Å²) in [5.74, 6) is 0. The minimum atomic E-state index is -3.28. The fourth-order valence-corrected chi connectivity index (χ4v) is 4.13. The van der Waals surface area contributed by atoms with E-state index in [-0.39, 0.29) is 0 Å². The third-order valence-corrected chi connectivity index (χ3v) is 4.34. The molecule has 0 amide bonds. The molecule has 0 aliphatic carbocycles. The van der Waals surface area contributed by atoms with Gasteiger partial charge in [0, 0.05) is 10.9 Å². The summed E-state index contributed by atoms with van der Waals surface area (Å²) in [7, 11) is -3.28. The van der Waals surface area contributed by atoms with Gasteiger partial charge in [-0.05, 0) is 5.38 Å². The second-order valence-corrected chi connectivity index (χ2v) is 5.04. The van der Waals surface area contributed by atoms with Crippen molar-refractivity contribution in [2.75, 3.05) is 0 Å². The number of fused-ring (bicyclic) bond motifs is 1. The third-order valence-electron chi connectivity index (χ3n) is 1.48. The maximum absolute atomic E-state index is 11.1. The Kier molecular flexibility index (Phi) is 1.51. The molecule has 0 bridgehead atoms. The molecule has 0 spiro atoms. The molecule has 2 rings (SSSR count). The normalized spacial score (nSPS) is 26.8. The van der Waals surface area contributed by atoms with Crippen molar-refractivity contribution in [1.29, 1.82) is 0 Å². The van der Waals surface area contributed by atoms with Gasteiger partial charge in [0.2, 0.25) is 10.0 Å². The van der Waals surface area contributed by atoms with Crippen molar-refractivity contribution in [1.82, 2.24) is 4.72 Å². The van der Waals surface area contributed by atoms with Gasteiger partial charge in [-0.1, -0.05) is 11.6 Å². The van der Waals surface area contributed by atoms with Crippen molar-refractivity contribution >= 4 is 33.0 Å². The largest absolute Gasteiger partial charge is 0.243 e. The first-order valence-corrected chi connectivity index (χ1v) is 5.70. The maximum Gasteiger partial charge on any atom is 0.243 e. The van der Waals surface area contributed by atoms with E-state index in [2.05, 4.69) is 4.72 Å². The van der Waals surface area contributed by atoms with Crippen molar-refractivity contribution < 1.29 is 8.42 Å². The first-order chi connectivity index (χ1) is 5.11. The van der Waals surface area contributed by atoms with Crippen LogP contribution >= 0.6 is 22.9 Å². The van der Waals surface area contributed by atoms with Crippen LogP contribution in [0.15, 0.2) is 15.7 Å². The van der Waals surface area contributed by atoms with E-state index in [1.54, 1.807) is 10.8 Å². The van der Waals surface area contributed by atoms with Gasteiger partial charge in [-0.15, -0.1) is 0 Å². The molecule has 1 aromatic rings. The molecule has 1 aromatic heterocycles. The van der Waals surface area contributed by atoms with Gasteiger partial charge in [-0.3, -0.25) is 0 Å². The summed E-state index contributed by atoms with van der Waals surface area (Å²) in [5.41, 5.74) is 0.0814. The van der Waals surface area contributed by atoms with Crippen LogP contribution in [0.4, 0.5) is 0 Å². The van der Waals surface area contributed by atoms with Crippen LogP contribution < -0.4 is 4.72 Å². The van der Waals surface area contributed by atoms with E-state index in [1.165, 1.54) is 11.3 Å². The van der Waals surface area contributed by atoms with Gasteiger partial charge >= 0.3 is 0 Å². The monoisotopic (exact) mass is 209 g/mol. The summed E-state index contributed by atoms with van der Waals surface area (Å²) in [6.07, 6.45) is 0. The molecule has 1 atom stereocenters. The summed E-state index contributed by atoms with van der Waals surface area (Å²) in [6.45, 7) is 0. The molecule has 0 radical (unpaired) electrons. The number of hydrogen-bond donors (Lipinski definition) is 1. The van der Waals surface area contributed by atoms with E-state index in [0.717, 1.165) is 0 Å². The van der Waals surface area contributed by atoms with Crippen LogP contribution in [0.5, 0.6) is 0 Å². The highest BCUT2D eigenvalue weighted by Gasteiger charge is 2.33. The summed E-state index contributed by atoms with van der Waals surface area (Å²) >= 11 is 7.03. The van der Waals surface area contributed by atoms with E-state index in [1.807, 2.05) is 0 Å². The first-order valence-electron chi connectivity index (χ1n) is 2.84. The Morgan fingerprint density at radius 2 is 2.27 bits per heavy atom. The average molecular weight is 210 g/mol. The van der Waals surface area contributed by atoms with Crippen LogP contribution in [0, 0.1) is 0 Å². The highest BCUT2D eigenvalue weighted by Crippen LogP contribution is 2.35. The third kappa shape index (κ3) is 0.997. The zero-order chi connectivity index (χ0) is 8.06. The van der Waals surface area contributed by atoms with Crippen molar-refractivity contribution in [3.63, 3.8) is 0 Å². The molecule has 3 nitrogen and oxygen atoms in total. The molecular formula is C5H4ClNO2S2. The summed E-state index contributed by atoms with van der Waals surface area (Å²) < 4.78 is 24.6. The SMILES string of the molecule is O=S1(=O)NC(Cl)c2cscc21. The highest BCUT2D eigenvalue weighted by atomic mass is 35.5. The molecule has 11 heavy (non-hydrogen) atoms. The number of hydrogen-bond acceptors (Lipinski definition) is 3. The first kappa shape index (κ1) is 7.54. The average Bonchev–Trinajstić information content (AvgIpc) is 2.37. The molecule has 1 N–H and O–H groups in total. The Bertz CT molecular complexity index is 383. The molecule has 6 heteroatoms. The fourth-order valence-electron chi connectivity index (χ4n) is 0.962. The second-order valence-electron chi connectivity index (χ2n) is 2.18. The lowest BCUT2D eigenvalue weighted by Gasteiger charge is -1.95. The molecule has 0 saturated carbocycles. The zero-order valence-corrected chi connectivity index (χ0v) is 7.63. The number of alkyl halides is 1. The number of halogens is 1. The molecule has 0 aromatic carbocycles. The molecule has 0 fully saturated rings. The van der Waals surface area contributed by atoms with Crippen molar-refractivity contribution in [3.05, 3.63) is 16.3 Å². The van der Waals surface area contributed by atoms with Crippen LogP contribution in [0.1, 0.15) is 11.1 Å². The second kappa shape index (κ2) is 2.20. The maximum atomic E-state index is 11.1. The van der Waals surface area contributed by atoms with Gasteiger partial charge in [-0.25, -0.2) is 8.42 Å². The van der Waals surface area contributed by atoms with Crippen LogP contribution in [0.3, 0.4) is 0 Å². The van der Waals surface area contributed by atoms with Gasteiger partial charge in [0.25, 0.3) is 0 Å². The predicted molar refractivity (Wildman–Crippen MR) is 43.2 cm³/mol. The van der Waals surface area contributed by atoms with Crippen molar-refractivity contribution in [2.24, 2.45) is 0 Å². The van der Waals surface area contributed by atoms with E-state index >= 15 is 0 Å². The van der Waals surface area contributed by atoms with Gasteiger partial charge in [-0.2, -0.15) is 16.1 Å². The lowest BCUT2D eigenvalue weighted by Crippen LogP contribution is -2.16. The van der Waals surface area contributed by atoms with Crippen LogP contribution in [0.25, 0.3) is 0 Å². The number of rotatable bonds is 0. The van der Waals surface area contributed by atoms with E-state index in [4.69, 9.17) is 11.6 Å². The molecule has 1 unspecified atom stereocenters. The standard InChI is InChI=1S/C5H4ClNO2S2/c6-5-3-1-10-2-4(3)11(8,9)7-5/h1-2,5,7H. The molecule has 1 aliphatic rings. The number of nitrogens with one attached hydrogen (secondary N) is 1. The lowest BCUT2D eigenvalue weighted by molar-refractivity contribution is 0.589. The number of sulfonamides is 1. The van der Waals surface area contributed by atoms with Crippen molar-refractivity contribution in [3.8, 4) is 0 Å². The summed E-state index contributed by atoms with van der Waals surface area (Å²) in [5, 5.41) is 3.32. The van der Waals surface area contributed by atoms with Crippen molar-refractivity contribution in [2.45, 2.75) is 10.4 Å². The molecule has 60 valence electrons. The summed E-state index contributed by atoms with van der Waals surface area (Å²) in [6, 6.07) is 0. The Morgan fingerprint density at radius 3 is 2.91 bits per heavy atom. The van der Waals surface area contributed by atoms with Gasteiger partial charge < -0.3 is 0 Å². The minimum Gasteiger partial charge on any atom is -0.207 e. The van der Waals surface area contributed by atoms with Crippen LogP contribution in [0.2, 0.25) is 0 Å². The van der Waals surface area contributed by atoms with E-state index in [0.29, 0.717) is 10.5 Å². The van der Waals surface area contributed by atoms with Crippen LogP contribution in [-0.2, 0) is 10.0 Å². The van der Waals surface area contributed by atoms with E-state index in [9.17, 15) is 8.42 Å². The molecular weight excluding hydrogens is 206 g/mol. The fraction of sp³-hybridized carbons (Fsp3) is 0.200. The molecule has 2 heterocycles. The Morgan fingerprint density at radius 1 is 1.55 bits per heavy atom. The van der Waals surface area contributed by atoms with E-state index < -0.39 is 15.5 Å². The Balaban J connectivity index is 2.73. The van der Waals surface area contributed by atoms with Gasteiger partial charge in [0.1, 0.15) is 5.50 Å². The lowest BCUT2D eigenvalue weighted by atomic mass is 10.3. The molecule has 0 saturated heterocycles. The topological polar surface area (TPSA) is 46.2 Å². The highest BCUT2D eigenvalue weighted by molar-refractivity contribution is 7.90. The minimum absolute atomic E-state index is 0.322. The van der Waals surface area contributed by atoms with Gasteiger partial charge in [0.05, 0.1) is 4.90 Å². The quantitative estimate of drug-likeness (QED) is 0.517. The van der Waals surface area contributed by atoms with Gasteiger partial charge in [0.15, 0.2) is 0 Å².